The fourth-order valence-corrected chi connectivity index (χ4v) is 3.87. The molecule has 0 bridgehead atoms. The van der Waals surface area contributed by atoms with Gasteiger partial charge in [0.05, 0.1) is 11.9 Å². The van der Waals surface area contributed by atoms with Crippen LogP contribution in [0, 0.1) is 0 Å². The van der Waals surface area contributed by atoms with Crippen LogP contribution >= 0.6 is 11.6 Å². The van der Waals surface area contributed by atoms with Crippen molar-refractivity contribution in [1.29, 1.82) is 0 Å². The summed E-state index contributed by atoms with van der Waals surface area (Å²) in [5, 5.41) is 5.20. The Labute approximate surface area is 170 Å². The Morgan fingerprint density at radius 2 is 2.00 bits per heavy atom. The summed E-state index contributed by atoms with van der Waals surface area (Å²) in [7, 11) is 0. The molecule has 7 nitrogen and oxygen atoms in total. The number of benzene rings is 2. The Morgan fingerprint density at radius 3 is 2.86 bits per heavy atom. The first kappa shape index (κ1) is 17.6. The van der Waals surface area contributed by atoms with E-state index in [0.29, 0.717) is 28.3 Å². The molecule has 0 fully saturated rings. The van der Waals surface area contributed by atoms with Crippen LogP contribution in [0.5, 0.6) is 0 Å². The number of hydrogen-bond acceptors (Lipinski definition) is 4. The van der Waals surface area contributed by atoms with Crippen LogP contribution in [0.3, 0.4) is 0 Å². The molecule has 0 saturated carbocycles. The summed E-state index contributed by atoms with van der Waals surface area (Å²) in [6.07, 6.45) is 3.69. The molecule has 3 heterocycles. The van der Waals surface area contributed by atoms with E-state index in [1.807, 2.05) is 30.3 Å². The molecule has 0 atom stereocenters. The largest absolute Gasteiger partial charge is 0.310 e. The minimum atomic E-state index is -0.302. The van der Waals surface area contributed by atoms with Crippen molar-refractivity contribution in [3.63, 3.8) is 0 Å². The van der Waals surface area contributed by atoms with Gasteiger partial charge in [-0.25, -0.2) is 9.67 Å². The number of rotatable bonds is 3. The number of anilines is 1. The lowest BCUT2D eigenvalue weighted by Gasteiger charge is -2.17. The molecule has 0 unspecified atom stereocenters. The van der Waals surface area contributed by atoms with Crippen molar-refractivity contribution in [1.82, 2.24) is 19.3 Å². The van der Waals surface area contributed by atoms with Crippen molar-refractivity contribution in [3.05, 3.63) is 82.0 Å². The molecule has 29 heavy (non-hydrogen) atoms. The molecule has 144 valence electrons. The minimum Gasteiger partial charge on any atom is -0.310 e. The van der Waals surface area contributed by atoms with Crippen LogP contribution in [0.4, 0.5) is 5.69 Å². The van der Waals surface area contributed by atoms with Crippen LogP contribution in [-0.2, 0) is 17.8 Å². The normalized spacial score (nSPS) is 13.1. The zero-order valence-corrected chi connectivity index (χ0v) is 16.1. The predicted molar refractivity (Wildman–Crippen MR) is 111 cm³/mol. The number of fused-ring (bicyclic) bond motifs is 2. The molecule has 0 radical (unpaired) electrons. The Morgan fingerprint density at radius 1 is 1.14 bits per heavy atom. The maximum atomic E-state index is 12.9. The second kappa shape index (κ2) is 6.86. The van der Waals surface area contributed by atoms with Gasteiger partial charge in [0, 0.05) is 17.3 Å². The smallest absolute Gasteiger partial charge is 0.264 e. The predicted octanol–water partition coefficient (Wildman–Crippen LogP) is 2.82. The number of halogens is 1. The molecule has 2 aromatic heterocycles. The molecule has 0 aliphatic carbocycles. The zero-order chi connectivity index (χ0) is 20.0. The first-order chi connectivity index (χ1) is 14.1. The van der Waals surface area contributed by atoms with Crippen molar-refractivity contribution >= 4 is 34.2 Å². The van der Waals surface area contributed by atoms with Gasteiger partial charge in [-0.2, -0.15) is 5.10 Å². The van der Waals surface area contributed by atoms with Crippen LogP contribution in [-0.4, -0.2) is 31.8 Å². The molecular formula is C21H16ClN5O2. The standard InChI is InChI=1S/C21H16ClN5O2/c22-15-5-3-6-16(10-15)27-20-17(11-24-27)21(29)25(13-23-20)12-19(28)26-9-8-14-4-1-2-7-18(14)26/h1-7,10-11,13H,8-9,12H2. The summed E-state index contributed by atoms with van der Waals surface area (Å²) in [6.45, 7) is 0.549. The molecule has 4 aromatic rings. The Hall–Kier alpha value is -3.45. The van der Waals surface area contributed by atoms with E-state index in [1.54, 1.807) is 27.8 Å². The lowest BCUT2D eigenvalue weighted by atomic mass is 10.2. The van der Waals surface area contributed by atoms with Gasteiger partial charge in [-0.3, -0.25) is 14.2 Å². The maximum absolute atomic E-state index is 12.9. The Balaban J connectivity index is 1.47. The van der Waals surface area contributed by atoms with Gasteiger partial charge in [0.25, 0.3) is 5.56 Å². The topological polar surface area (TPSA) is 73.0 Å². The molecule has 0 saturated heterocycles. The number of carbonyl (C=O) groups is 1. The van der Waals surface area contributed by atoms with E-state index in [1.165, 1.54) is 17.1 Å². The highest BCUT2D eigenvalue weighted by Crippen LogP contribution is 2.27. The molecule has 1 aliphatic heterocycles. The molecule has 0 spiro atoms. The summed E-state index contributed by atoms with van der Waals surface area (Å²) < 4.78 is 2.89. The summed E-state index contributed by atoms with van der Waals surface area (Å²) in [4.78, 5) is 31.8. The van der Waals surface area contributed by atoms with Gasteiger partial charge in [0.2, 0.25) is 5.91 Å². The fourth-order valence-electron chi connectivity index (χ4n) is 3.69. The van der Waals surface area contributed by atoms with Crippen molar-refractivity contribution in [2.45, 2.75) is 13.0 Å². The minimum absolute atomic E-state index is 0.0710. The van der Waals surface area contributed by atoms with Gasteiger partial charge in [0.15, 0.2) is 5.65 Å². The van der Waals surface area contributed by atoms with E-state index in [-0.39, 0.29) is 18.0 Å². The third-order valence-corrected chi connectivity index (χ3v) is 5.34. The lowest BCUT2D eigenvalue weighted by molar-refractivity contribution is -0.119. The Kier molecular flexibility index (Phi) is 4.17. The lowest BCUT2D eigenvalue weighted by Crippen LogP contribution is -2.35. The van der Waals surface area contributed by atoms with E-state index in [4.69, 9.17) is 11.6 Å². The number of amides is 1. The summed E-state index contributed by atoms with van der Waals surface area (Å²) in [6, 6.07) is 15.0. The fraction of sp³-hybridized carbons (Fsp3) is 0.143. The van der Waals surface area contributed by atoms with E-state index in [9.17, 15) is 9.59 Å². The second-order valence-corrected chi connectivity index (χ2v) is 7.31. The van der Waals surface area contributed by atoms with Gasteiger partial charge in [-0.15, -0.1) is 0 Å². The van der Waals surface area contributed by atoms with E-state index in [2.05, 4.69) is 10.1 Å². The third kappa shape index (κ3) is 3.00. The second-order valence-electron chi connectivity index (χ2n) is 6.88. The first-order valence-electron chi connectivity index (χ1n) is 9.19. The van der Waals surface area contributed by atoms with Gasteiger partial charge in [-0.1, -0.05) is 35.9 Å². The summed E-state index contributed by atoms with van der Waals surface area (Å²) in [5.74, 6) is -0.138. The van der Waals surface area contributed by atoms with Gasteiger partial charge >= 0.3 is 0 Å². The van der Waals surface area contributed by atoms with E-state index in [0.717, 1.165) is 17.7 Å². The first-order valence-corrected chi connectivity index (χ1v) is 9.57. The summed E-state index contributed by atoms with van der Waals surface area (Å²) in [5.41, 5.74) is 2.89. The monoisotopic (exact) mass is 405 g/mol. The molecule has 1 amide bonds. The third-order valence-electron chi connectivity index (χ3n) is 5.10. The van der Waals surface area contributed by atoms with Crippen molar-refractivity contribution in [2.24, 2.45) is 0 Å². The Bertz CT molecular complexity index is 1310. The van der Waals surface area contributed by atoms with E-state index >= 15 is 0 Å². The number of nitrogens with zero attached hydrogens (tertiary/aromatic N) is 5. The van der Waals surface area contributed by atoms with Crippen LogP contribution in [0.1, 0.15) is 5.56 Å². The SMILES string of the molecule is O=C(Cn1cnc2c(cnn2-c2cccc(Cl)c2)c1=O)N1CCc2ccccc21. The highest BCUT2D eigenvalue weighted by molar-refractivity contribution is 6.30. The number of aromatic nitrogens is 4. The van der Waals surface area contributed by atoms with Crippen LogP contribution < -0.4 is 10.5 Å². The molecular weight excluding hydrogens is 390 g/mol. The van der Waals surface area contributed by atoms with Crippen molar-refractivity contribution in [2.75, 3.05) is 11.4 Å². The van der Waals surface area contributed by atoms with E-state index < -0.39 is 0 Å². The number of carbonyl (C=O) groups excluding carboxylic acids is 1. The highest BCUT2D eigenvalue weighted by Gasteiger charge is 2.24. The van der Waals surface area contributed by atoms with Gasteiger partial charge < -0.3 is 4.90 Å². The molecule has 8 heteroatoms. The van der Waals surface area contributed by atoms with Crippen LogP contribution in [0.25, 0.3) is 16.7 Å². The molecule has 1 aliphatic rings. The molecule has 2 aromatic carbocycles. The molecule has 0 N–H and O–H groups in total. The number of para-hydroxylation sites is 1. The quantitative estimate of drug-likeness (QED) is 0.525. The maximum Gasteiger partial charge on any atom is 0.264 e. The van der Waals surface area contributed by atoms with Crippen molar-refractivity contribution in [3.8, 4) is 5.69 Å². The van der Waals surface area contributed by atoms with Gasteiger partial charge in [0.1, 0.15) is 18.3 Å². The zero-order valence-electron chi connectivity index (χ0n) is 15.3. The summed E-state index contributed by atoms with van der Waals surface area (Å²) >= 11 is 6.06. The van der Waals surface area contributed by atoms with Crippen molar-refractivity contribution < 1.29 is 4.79 Å². The average Bonchev–Trinajstić information content (AvgIpc) is 3.35. The van der Waals surface area contributed by atoms with Crippen LogP contribution in [0.15, 0.2) is 65.8 Å². The number of hydrogen-bond donors (Lipinski definition) is 0. The van der Waals surface area contributed by atoms with Crippen LogP contribution in [0.2, 0.25) is 5.02 Å². The molecule has 5 rings (SSSR count). The average molecular weight is 406 g/mol. The highest BCUT2D eigenvalue weighted by atomic mass is 35.5. The van der Waals surface area contributed by atoms with Gasteiger partial charge in [-0.05, 0) is 36.2 Å².